The van der Waals surface area contributed by atoms with Crippen molar-refractivity contribution in [2.24, 2.45) is 5.73 Å². The van der Waals surface area contributed by atoms with Crippen molar-refractivity contribution in [3.63, 3.8) is 0 Å². The fourth-order valence-electron chi connectivity index (χ4n) is 1.77. The summed E-state index contributed by atoms with van der Waals surface area (Å²) in [5.74, 6) is -0.592. The Morgan fingerprint density at radius 3 is 2.24 bits per heavy atom. The van der Waals surface area contributed by atoms with Crippen molar-refractivity contribution < 1.29 is 8.78 Å². The highest BCUT2D eigenvalue weighted by molar-refractivity contribution is 5.24. The predicted octanol–water partition coefficient (Wildman–Crippen LogP) is 3.21. The molecule has 17 heavy (non-hydrogen) atoms. The second kappa shape index (κ2) is 5.06. The van der Waals surface area contributed by atoms with E-state index in [1.807, 2.05) is 6.07 Å². The van der Waals surface area contributed by atoms with Gasteiger partial charge in [0.15, 0.2) is 0 Å². The Morgan fingerprint density at radius 2 is 1.59 bits per heavy atom. The third-order valence-electron chi connectivity index (χ3n) is 2.62. The van der Waals surface area contributed by atoms with E-state index in [2.05, 4.69) is 0 Å². The summed E-state index contributed by atoms with van der Waals surface area (Å²) in [7, 11) is 0. The van der Waals surface area contributed by atoms with Crippen LogP contribution in [0.25, 0.3) is 0 Å². The summed E-state index contributed by atoms with van der Waals surface area (Å²) < 4.78 is 26.0. The molecule has 0 bridgehead atoms. The van der Waals surface area contributed by atoms with E-state index in [0.29, 0.717) is 12.0 Å². The molecule has 0 fully saturated rings. The summed E-state index contributed by atoms with van der Waals surface area (Å²) in [6.45, 7) is 0. The maximum absolute atomic E-state index is 13.0. The topological polar surface area (TPSA) is 26.0 Å². The first kappa shape index (κ1) is 11.7. The molecular formula is C14H13F2N. The molecule has 2 N–H and O–H groups in total. The minimum Gasteiger partial charge on any atom is -0.324 e. The van der Waals surface area contributed by atoms with Crippen LogP contribution >= 0.6 is 0 Å². The lowest BCUT2D eigenvalue weighted by molar-refractivity contribution is 0.614. The molecule has 0 aliphatic heterocycles. The van der Waals surface area contributed by atoms with E-state index >= 15 is 0 Å². The Bertz CT molecular complexity index is 511. The number of benzene rings is 2. The highest BCUT2D eigenvalue weighted by atomic mass is 19.1. The largest absolute Gasteiger partial charge is 0.324 e. The smallest absolute Gasteiger partial charge is 0.123 e. The van der Waals surface area contributed by atoms with Gasteiger partial charge in [0.25, 0.3) is 0 Å². The van der Waals surface area contributed by atoms with Gasteiger partial charge in [-0.05, 0) is 41.8 Å². The molecule has 0 aromatic heterocycles. The van der Waals surface area contributed by atoms with Gasteiger partial charge in [-0.1, -0.05) is 24.3 Å². The van der Waals surface area contributed by atoms with Crippen LogP contribution in [0.5, 0.6) is 0 Å². The standard InChI is InChI=1S/C14H13F2N/c15-12-5-1-3-10(7-12)8-14(17)11-4-2-6-13(16)9-11/h1-7,9,14H,8,17H2. The minimum atomic E-state index is -0.326. The van der Waals surface area contributed by atoms with Gasteiger partial charge in [-0.2, -0.15) is 0 Å². The summed E-state index contributed by atoms with van der Waals surface area (Å²) in [6, 6.07) is 12.1. The van der Waals surface area contributed by atoms with Gasteiger partial charge in [0, 0.05) is 6.04 Å². The number of halogens is 2. The van der Waals surface area contributed by atoms with Crippen LogP contribution < -0.4 is 5.73 Å². The highest BCUT2D eigenvalue weighted by Gasteiger charge is 2.08. The summed E-state index contributed by atoms with van der Waals surface area (Å²) in [5.41, 5.74) is 7.48. The van der Waals surface area contributed by atoms with Crippen molar-refractivity contribution in [2.45, 2.75) is 12.5 Å². The van der Waals surface area contributed by atoms with Crippen LogP contribution in [0.3, 0.4) is 0 Å². The van der Waals surface area contributed by atoms with Crippen molar-refractivity contribution in [1.82, 2.24) is 0 Å². The fraction of sp³-hybridized carbons (Fsp3) is 0.143. The van der Waals surface area contributed by atoms with Crippen LogP contribution in [0.4, 0.5) is 8.78 Å². The second-order valence-electron chi connectivity index (χ2n) is 4.00. The molecule has 0 amide bonds. The maximum atomic E-state index is 13.0. The molecule has 3 heteroatoms. The first-order chi connectivity index (χ1) is 8.15. The zero-order chi connectivity index (χ0) is 12.3. The number of hydrogen-bond donors (Lipinski definition) is 1. The molecule has 1 nitrogen and oxygen atoms in total. The third-order valence-corrected chi connectivity index (χ3v) is 2.62. The first-order valence-corrected chi connectivity index (χ1v) is 5.40. The van der Waals surface area contributed by atoms with E-state index in [1.165, 1.54) is 24.3 Å². The van der Waals surface area contributed by atoms with E-state index in [0.717, 1.165) is 5.56 Å². The van der Waals surface area contributed by atoms with Gasteiger partial charge < -0.3 is 5.73 Å². The Labute approximate surface area is 98.9 Å². The summed E-state index contributed by atoms with van der Waals surface area (Å²) >= 11 is 0. The second-order valence-corrected chi connectivity index (χ2v) is 4.00. The van der Waals surface area contributed by atoms with Crippen LogP contribution in [-0.2, 0) is 6.42 Å². The van der Waals surface area contributed by atoms with E-state index < -0.39 is 0 Å². The Morgan fingerprint density at radius 1 is 0.941 bits per heavy atom. The van der Waals surface area contributed by atoms with Crippen LogP contribution in [-0.4, -0.2) is 0 Å². The highest BCUT2D eigenvalue weighted by Crippen LogP contribution is 2.17. The Kier molecular flexibility index (Phi) is 3.49. The van der Waals surface area contributed by atoms with E-state index in [-0.39, 0.29) is 17.7 Å². The van der Waals surface area contributed by atoms with Crippen molar-refractivity contribution in [1.29, 1.82) is 0 Å². The average molecular weight is 233 g/mol. The number of rotatable bonds is 3. The molecule has 0 aliphatic carbocycles. The summed E-state index contributed by atoms with van der Waals surface area (Å²) in [5, 5.41) is 0. The Balaban J connectivity index is 2.14. The molecule has 0 spiro atoms. The van der Waals surface area contributed by atoms with Crippen LogP contribution in [0.2, 0.25) is 0 Å². The fourth-order valence-corrected chi connectivity index (χ4v) is 1.77. The summed E-state index contributed by atoms with van der Waals surface area (Å²) in [4.78, 5) is 0. The average Bonchev–Trinajstić information content (AvgIpc) is 2.29. The SMILES string of the molecule is NC(Cc1cccc(F)c1)c1cccc(F)c1. The minimum absolute atomic E-state index is 0.283. The van der Waals surface area contributed by atoms with E-state index in [9.17, 15) is 8.78 Å². The normalized spacial score (nSPS) is 12.4. The molecule has 0 saturated heterocycles. The van der Waals surface area contributed by atoms with Crippen molar-refractivity contribution >= 4 is 0 Å². The molecule has 0 aliphatic rings. The van der Waals surface area contributed by atoms with Gasteiger partial charge in [-0.3, -0.25) is 0 Å². The van der Waals surface area contributed by atoms with Crippen LogP contribution in [0, 0.1) is 11.6 Å². The van der Waals surface area contributed by atoms with Gasteiger partial charge in [-0.25, -0.2) is 8.78 Å². The summed E-state index contributed by atoms with van der Waals surface area (Å²) in [6.07, 6.45) is 0.487. The molecule has 0 heterocycles. The predicted molar refractivity (Wildman–Crippen MR) is 63.4 cm³/mol. The zero-order valence-electron chi connectivity index (χ0n) is 9.24. The molecule has 88 valence electrons. The van der Waals surface area contributed by atoms with Crippen molar-refractivity contribution in [2.75, 3.05) is 0 Å². The lowest BCUT2D eigenvalue weighted by atomic mass is 10.00. The monoisotopic (exact) mass is 233 g/mol. The van der Waals surface area contributed by atoms with Gasteiger partial charge in [0.05, 0.1) is 0 Å². The Hall–Kier alpha value is -1.74. The maximum Gasteiger partial charge on any atom is 0.123 e. The van der Waals surface area contributed by atoms with Crippen molar-refractivity contribution in [3.8, 4) is 0 Å². The molecule has 2 rings (SSSR count). The van der Waals surface area contributed by atoms with Gasteiger partial charge >= 0.3 is 0 Å². The van der Waals surface area contributed by atoms with E-state index in [4.69, 9.17) is 5.73 Å². The molecule has 1 atom stereocenters. The first-order valence-electron chi connectivity index (χ1n) is 5.40. The zero-order valence-corrected chi connectivity index (χ0v) is 9.24. The molecule has 0 radical (unpaired) electrons. The molecule has 0 saturated carbocycles. The molecule has 2 aromatic carbocycles. The van der Waals surface area contributed by atoms with Gasteiger partial charge in [0.1, 0.15) is 11.6 Å². The van der Waals surface area contributed by atoms with Crippen LogP contribution in [0.15, 0.2) is 48.5 Å². The van der Waals surface area contributed by atoms with Crippen LogP contribution in [0.1, 0.15) is 17.2 Å². The van der Waals surface area contributed by atoms with E-state index in [1.54, 1.807) is 18.2 Å². The molecular weight excluding hydrogens is 220 g/mol. The quantitative estimate of drug-likeness (QED) is 0.865. The van der Waals surface area contributed by atoms with Gasteiger partial charge in [-0.15, -0.1) is 0 Å². The third kappa shape index (κ3) is 3.11. The van der Waals surface area contributed by atoms with Gasteiger partial charge in [0.2, 0.25) is 0 Å². The number of nitrogens with two attached hydrogens (primary N) is 1. The molecule has 1 unspecified atom stereocenters. The molecule has 2 aromatic rings. The lowest BCUT2D eigenvalue weighted by Gasteiger charge is -2.12. The van der Waals surface area contributed by atoms with Crippen molar-refractivity contribution in [3.05, 3.63) is 71.3 Å². The number of hydrogen-bond acceptors (Lipinski definition) is 1. The lowest BCUT2D eigenvalue weighted by Crippen LogP contribution is -2.13.